The molecule has 38 heavy (non-hydrogen) atoms. The fourth-order valence-electron chi connectivity index (χ4n) is 5.06. The molecule has 0 saturated carbocycles. The van der Waals surface area contributed by atoms with E-state index in [2.05, 4.69) is 10.3 Å². The van der Waals surface area contributed by atoms with E-state index in [0.29, 0.717) is 43.5 Å². The van der Waals surface area contributed by atoms with Crippen molar-refractivity contribution in [2.75, 3.05) is 18.0 Å². The van der Waals surface area contributed by atoms with Gasteiger partial charge in [-0.05, 0) is 45.1 Å². The minimum Gasteiger partial charge on any atom is -0.391 e. The largest absolute Gasteiger partial charge is 0.437 e. The molecule has 0 spiro atoms. The van der Waals surface area contributed by atoms with Gasteiger partial charge in [0.15, 0.2) is 5.69 Å². The van der Waals surface area contributed by atoms with Gasteiger partial charge in [0.05, 0.1) is 22.9 Å². The second-order valence-electron chi connectivity index (χ2n) is 9.47. The van der Waals surface area contributed by atoms with Crippen LogP contribution < -0.4 is 4.90 Å². The molecule has 1 aromatic carbocycles. The summed E-state index contributed by atoms with van der Waals surface area (Å²) >= 11 is 1.63. The lowest BCUT2D eigenvalue weighted by atomic mass is 9.96. The predicted molar refractivity (Wildman–Crippen MR) is 135 cm³/mol. The topological polar surface area (TPSA) is 72.6 Å². The third-order valence-electron chi connectivity index (χ3n) is 7.01. The third kappa shape index (κ3) is 5.31. The number of fused-ring (bicyclic) bond motifs is 1. The zero-order valence-electron chi connectivity index (χ0n) is 20.8. The van der Waals surface area contributed by atoms with Crippen molar-refractivity contribution in [3.8, 4) is 0 Å². The van der Waals surface area contributed by atoms with E-state index >= 15 is 0 Å². The number of rotatable bonds is 7. The maximum absolute atomic E-state index is 13.9. The SMILES string of the molecule is Cc1c(N2CCC(c3nc4c(s3)CCCC4=NOCc3ccccc3F)CC2)c(C(F)(F)F)nn1CC=O. The average molecular weight is 550 g/mol. The molecular formula is C26H27F4N5O2S. The van der Waals surface area contributed by atoms with Crippen LogP contribution in [-0.4, -0.2) is 39.9 Å². The summed E-state index contributed by atoms with van der Waals surface area (Å²) < 4.78 is 56.1. The molecule has 0 bridgehead atoms. The van der Waals surface area contributed by atoms with Crippen LogP contribution in [0.25, 0.3) is 0 Å². The van der Waals surface area contributed by atoms with Crippen LogP contribution in [0.15, 0.2) is 29.4 Å². The standard InChI is InChI=1S/C26H27F4N5O2S/c1-16-23(24(26(28,29)30)32-35(16)13-14-36)34-11-9-17(10-12-34)25-31-22-20(7-4-8-21(22)38-25)33-37-15-18-5-2-3-6-19(18)27/h2-3,5-6,14,17H,4,7-13,15H2,1H3. The molecule has 3 heterocycles. The number of halogens is 4. The van der Waals surface area contributed by atoms with E-state index in [1.54, 1.807) is 41.4 Å². The molecule has 5 rings (SSSR count). The molecular weight excluding hydrogens is 522 g/mol. The van der Waals surface area contributed by atoms with E-state index in [1.165, 1.54) is 6.07 Å². The van der Waals surface area contributed by atoms with Crippen molar-refractivity contribution in [1.82, 2.24) is 14.8 Å². The highest BCUT2D eigenvalue weighted by molar-refractivity contribution is 7.12. The van der Waals surface area contributed by atoms with Gasteiger partial charge < -0.3 is 14.5 Å². The zero-order valence-corrected chi connectivity index (χ0v) is 21.6. The molecule has 1 fully saturated rings. The van der Waals surface area contributed by atoms with Gasteiger partial charge >= 0.3 is 6.18 Å². The highest BCUT2D eigenvalue weighted by Crippen LogP contribution is 2.41. The number of hydrogen-bond donors (Lipinski definition) is 0. The van der Waals surface area contributed by atoms with Gasteiger partial charge in [-0.15, -0.1) is 11.3 Å². The number of carbonyl (C=O) groups is 1. The summed E-state index contributed by atoms with van der Waals surface area (Å²) in [5, 5.41) is 8.92. The minimum absolute atomic E-state index is 0.0315. The van der Waals surface area contributed by atoms with Crippen molar-refractivity contribution in [3.63, 3.8) is 0 Å². The van der Waals surface area contributed by atoms with Crippen molar-refractivity contribution in [3.05, 3.63) is 62.6 Å². The average Bonchev–Trinajstić information content (AvgIpc) is 3.48. The van der Waals surface area contributed by atoms with E-state index in [4.69, 9.17) is 9.82 Å². The van der Waals surface area contributed by atoms with Gasteiger partial charge in [0.1, 0.15) is 30.1 Å². The number of oxime groups is 1. The normalized spacial score (nSPS) is 17.6. The number of aldehydes is 1. The van der Waals surface area contributed by atoms with Gasteiger partial charge in [-0.1, -0.05) is 23.4 Å². The third-order valence-corrected chi connectivity index (χ3v) is 8.29. The highest BCUT2D eigenvalue weighted by atomic mass is 32.1. The molecule has 0 amide bonds. The fourth-order valence-corrected chi connectivity index (χ4v) is 6.36. The summed E-state index contributed by atoms with van der Waals surface area (Å²) in [4.78, 5) is 24.1. The van der Waals surface area contributed by atoms with Crippen molar-refractivity contribution in [1.29, 1.82) is 0 Å². The Morgan fingerprint density at radius 3 is 2.68 bits per heavy atom. The van der Waals surface area contributed by atoms with Crippen molar-refractivity contribution in [2.45, 2.75) is 64.3 Å². The number of anilines is 1. The van der Waals surface area contributed by atoms with Gasteiger partial charge in [-0.2, -0.15) is 18.3 Å². The number of nitrogens with zero attached hydrogens (tertiary/aromatic N) is 5. The van der Waals surface area contributed by atoms with Gasteiger partial charge in [0, 0.05) is 29.4 Å². The van der Waals surface area contributed by atoms with Gasteiger partial charge in [0.2, 0.25) is 0 Å². The first-order valence-electron chi connectivity index (χ1n) is 12.5. The summed E-state index contributed by atoms with van der Waals surface area (Å²) in [5.41, 5.74) is 1.44. The first-order chi connectivity index (χ1) is 18.3. The molecule has 0 N–H and O–H groups in total. The van der Waals surface area contributed by atoms with E-state index in [0.717, 1.165) is 45.2 Å². The molecule has 3 aromatic rings. The number of aromatic nitrogens is 3. The number of benzene rings is 1. The number of piperidine rings is 1. The van der Waals surface area contributed by atoms with Crippen LogP contribution in [0.1, 0.15) is 64.1 Å². The lowest BCUT2D eigenvalue weighted by Crippen LogP contribution is -2.34. The van der Waals surface area contributed by atoms with Gasteiger partial charge in [0.25, 0.3) is 0 Å². The molecule has 7 nitrogen and oxygen atoms in total. The van der Waals surface area contributed by atoms with Crippen LogP contribution in [-0.2, 0) is 35.4 Å². The quantitative estimate of drug-likeness (QED) is 0.217. The molecule has 2 aliphatic rings. The van der Waals surface area contributed by atoms with Crippen LogP contribution in [0.2, 0.25) is 0 Å². The minimum atomic E-state index is -4.61. The van der Waals surface area contributed by atoms with Crippen molar-refractivity contribution >= 4 is 29.0 Å². The molecule has 202 valence electrons. The number of thiazole rings is 1. The summed E-state index contributed by atoms with van der Waals surface area (Å²) in [5.74, 6) is -0.213. The summed E-state index contributed by atoms with van der Waals surface area (Å²) in [6, 6.07) is 6.40. The van der Waals surface area contributed by atoms with E-state index in [-0.39, 0.29) is 30.6 Å². The lowest BCUT2D eigenvalue weighted by Gasteiger charge is -2.33. The molecule has 1 aliphatic carbocycles. The second kappa shape index (κ2) is 10.8. The van der Waals surface area contributed by atoms with Crippen LogP contribution >= 0.6 is 11.3 Å². The van der Waals surface area contributed by atoms with Crippen LogP contribution in [0.4, 0.5) is 23.2 Å². The van der Waals surface area contributed by atoms with Crippen molar-refractivity contribution < 1.29 is 27.2 Å². The molecule has 2 aromatic heterocycles. The van der Waals surface area contributed by atoms with E-state index < -0.39 is 11.9 Å². The van der Waals surface area contributed by atoms with E-state index in [1.807, 2.05) is 0 Å². The van der Waals surface area contributed by atoms with Crippen LogP contribution in [0.5, 0.6) is 0 Å². The van der Waals surface area contributed by atoms with Gasteiger partial charge in [-0.25, -0.2) is 9.37 Å². The van der Waals surface area contributed by atoms with Crippen LogP contribution in [0.3, 0.4) is 0 Å². The lowest BCUT2D eigenvalue weighted by molar-refractivity contribution is -0.141. The Balaban J connectivity index is 1.29. The summed E-state index contributed by atoms with van der Waals surface area (Å²) in [7, 11) is 0. The molecule has 0 atom stereocenters. The van der Waals surface area contributed by atoms with Crippen molar-refractivity contribution in [2.24, 2.45) is 5.16 Å². The Morgan fingerprint density at radius 1 is 1.21 bits per heavy atom. The maximum atomic E-state index is 13.9. The molecule has 0 radical (unpaired) electrons. The summed E-state index contributed by atoms with van der Waals surface area (Å²) in [6.07, 6.45) is -0.235. The Labute approximate surface area is 221 Å². The predicted octanol–water partition coefficient (Wildman–Crippen LogP) is 5.65. The number of alkyl halides is 3. The Bertz CT molecular complexity index is 1340. The van der Waals surface area contributed by atoms with Gasteiger partial charge in [-0.3, -0.25) is 4.68 Å². The van der Waals surface area contributed by atoms with Crippen LogP contribution in [0, 0.1) is 12.7 Å². The number of hydrogen-bond acceptors (Lipinski definition) is 7. The Kier molecular flexibility index (Phi) is 7.51. The first kappa shape index (κ1) is 26.3. The Morgan fingerprint density at radius 2 is 1.97 bits per heavy atom. The zero-order chi connectivity index (χ0) is 26.9. The molecule has 0 unspecified atom stereocenters. The fraction of sp³-hybridized carbons (Fsp3) is 0.462. The number of aryl methyl sites for hydroxylation is 1. The second-order valence-corrected chi connectivity index (χ2v) is 10.6. The molecule has 12 heteroatoms. The first-order valence-corrected chi connectivity index (χ1v) is 13.3. The Hall–Kier alpha value is -3.28. The molecule has 1 aliphatic heterocycles. The number of carbonyl (C=O) groups excluding carboxylic acids is 1. The summed E-state index contributed by atoms with van der Waals surface area (Å²) in [6.45, 7) is 2.24. The maximum Gasteiger partial charge on any atom is 0.437 e. The highest BCUT2D eigenvalue weighted by Gasteiger charge is 2.41. The van der Waals surface area contributed by atoms with E-state index in [9.17, 15) is 22.4 Å². The monoisotopic (exact) mass is 549 g/mol. The molecule has 1 saturated heterocycles. The smallest absolute Gasteiger partial charge is 0.391 e.